The standard InChI is InChI=1S/C24H30Cl2N2O2/c1-5-21(23(30)27-24(2,3)4)28(14-13-17-9-7-6-8-10-17)22(29)16-18-11-12-19(25)20(26)15-18/h6-12,15,21H,5,13-14,16H2,1-4H3,(H,27,30)/t21-/m0/s1. The monoisotopic (exact) mass is 448 g/mol. The summed E-state index contributed by atoms with van der Waals surface area (Å²) in [4.78, 5) is 27.9. The van der Waals surface area contributed by atoms with E-state index in [4.69, 9.17) is 23.2 Å². The fourth-order valence-electron chi connectivity index (χ4n) is 3.27. The van der Waals surface area contributed by atoms with Gasteiger partial charge in [-0.3, -0.25) is 9.59 Å². The van der Waals surface area contributed by atoms with Crippen LogP contribution in [-0.4, -0.2) is 34.8 Å². The van der Waals surface area contributed by atoms with Crippen molar-refractivity contribution in [2.75, 3.05) is 6.54 Å². The normalized spacial score (nSPS) is 12.3. The van der Waals surface area contributed by atoms with Gasteiger partial charge in [0.2, 0.25) is 11.8 Å². The van der Waals surface area contributed by atoms with E-state index in [2.05, 4.69) is 5.32 Å². The molecule has 2 amide bonds. The van der Waals surface area contributed by atoms with Crippen LogP contribution < -0.4 is 5.32 Å². The zero-order chi connectivity index (χ0) is 22.3. The Labute approximate surface area is 189 Å². The van der Waals surface area contributed by atoms with Crippen LogP contribution in [0.4, 0.5) is 0 Å². The summed E-state index contributed by atoms with van der Waals surface area (Å²) in [6.45, 7) is 8.19. The van der Waals surface area contributed by atoms with Crippen molar-refractivity contribution in [2.45, 2.75) is 58.5 Å². The first-order valence-electron chi connectivity index (χ1n) is 10.2. The van der Waals surface area contributed by atoms with E-state index >= 15 is 0 Å². The van der Waals surface area contributed by atoms with Crippen LogP contribution in [0.2, 0.25) is 10.0 Å². The number of hydrogen-bond acceptors (Lipinski definition) is 2. The fourth-order valence-corrected chi connectivity index (χ4v) is 3.60. The van der Waals surface area contributed by atoms with E-state index in [9.17, 15) is 9.59 Å². The number of nitrogens with zero attached hydrogens (tertiary/aromatic N) is 1. The maximum Gasteiger partial charge on any atom is 0.243 e. The molecule has 0 fully saturated rings. The molecule has 2 rings (SSSR count). The van der Waals surface area contributed by atoms with E-state index in [1.165, 1.54) is 0 Å². The molecule has 0 heterocycles. The lowest BCUT2D eigenvalue weighted by Crippen LogP contribution is -2.54. The minimum Gasteiger partial charge on any atom is -0.350 e. The van der Waals surface area contributed by atoms with Gasteiger partial charge in [-0.2, -0.15) is 0 Å². The van der Waals surface area contributed by atoms with Gasteiger partial charge in [0.15, 0.2) is 0 Å². The van der Waals surface area contributed by atoms with Crippen LogP contribution in [-0.2, 0) is 22.4 Å². The largest absolute Gasteiger partial charge is 0.350 e. The Kier molecular flexibility index (Phi) is 8.75. The number of nitrogens with one attached hydrogen (secondary N) is 1. The topological polar surface area (TPSA) is 49.4 Å². The molecule has 4 nitrogen and oxygen atoms in total. The van der Waals surface area contributed by atoms with E-state index < -0.39 is 6.04 Å². The van der Waals surface area contributed by atoms with Crippen molar-refractivity contribution in [3.05, 3.63) is 69.7 Å². The van der Waals surface area contributed by atoms with E-state index in [-0.39, 0.29) is 23.8 Å². The van der Waals surface area contributed by atoms with Crippen molar-refractivity contribution in [3.63, 3.8) is 0 Å². The summed E-state index contributed by atoms with van der Waals surface area (Å²) in [7, 11) is 0. The number of benzene rings is 2. The highest BCUT2D eigenvalue weighted by Gasteiger charge is 2.30. The molecule has 1 atom stereocenters. The molecule has 0 saturated carbocycles. The Bertz CT molecular complexity index is 863. The molecule has 2 aromatic rings. The summed E-state index contributed by atoms with van der Waals surface area (Å²) in [5.74, 6) is -0.249. The molecule has 0 unspecified atom stereocenters. The highest BCUT2D eigenvalue weighted by atomic mass is 35.5. The zero-order valence-electron chi connectivity index (χ0n) is 18.0. The first kappa shape index (κ1) is 24.2. The number of halogens is 2. The maximum absolute atomic E-state index is 13.3. The van der Waals surface area contributed by atoms with Crippen molar-refractivity contribution in [1.82, 2.24) is 10.2 Å². The van der Waals surface area contributed by atoms with Crippen LogP contribution in [0, 0.1) is 0 Å². The van der Waals surface area contributed by atoms with Crippen LogP contribution in [0.3, 0.4) is 0 Å². The molecule has 0 aromatic heterocycles. The molecular weight excluding hydrogens is 419 g/mol. The molecule has 0 aliphatic heterocycles. The lowest BCUT2D eigenvalue weighted by Gasteiger charge is -2.33. The second kappa shape index (κ2) is 10.8. The SMILES string of the molecule is CC[C@@H](C(=O)NC(C)(C)C)N(CCc1ccccc1)C(=O)Cc1ccc(Cl)c(Cl)c1. The third-order valence-corrected chi connectivity index (χ3v) is 5.45. The van der Waals surface area contributed by atoms with Gasteiger partial charge in [0, 0.05) is 12.1 Å². The Balaban J connectivity index is 2.24. The van der Waals surface area contributed by atoms with Gasteiger partial charge < -0.3 is 10.2 Å². The smallest absolute Gasteiger partial charge is 0.243 e. The highest BCUT2D eigenvalue weighted by molar-refractivity contribution is 6.42. The predicted molar refractivity (Wildman–Crippen MR) is 124 cm³/mol. The van der Waals surface area contributed by atoms with Gasteiger partial charge >= 0.3 is 0 Å². The number of carbonyl (C=O) groups excluding carboxylic acids is 2. The molecule has 30 heavy (non-hydrogen) atoms. The van der Waals surface area contributed by atoms with Gasteiger partial charge in [-0.05, 0) is 56.9 Å². The molecule has 0 radical (unpaired) electrons. The zero-order valence-corrected chi connectivity index (χ0v) is 19.6. The molecular formula is C24H30Cl2N2O2. The first-order chi connectivity index (χ1) is 14.1. The lowest BCUT2D eigenvalue weighted by molar-refractivity contribution is -0.140. The van der Waals surface area contributed by atoms with E-state index in [1.807, 2.05) is 58.0 Å². The number of amides is 2. The molecule has 162 valence electrons. The maximum atomic E-state index is 13.3. The second-order valence-electron chi connectivity index (χ2n) is 8.41. The Morgan fingerprint density at radius 1 is 1.00 bits per heavy atom. The Hall–Kier alpha value is -2.04. The summed E-state index contributed by atoms with van der Waals surface area (Å²) in [5, 5.41) is 3.87. The molecule has 0 saturated heterocycles. The van der Waals surface area contributed by atoms with Gasteiger partial charge in [-0.15, -0.1) is 0 Å². The molecule has 0 aliphatic carbocycles. The summed E-state index contributed by atoms with van der Waals surface area (Å²) >= 11 is 12.1. The van der Waals surface area contributed by atoms with Gasteiger partial charge in [-0.25, -0.2) is 0 Å². The summed E-state index contributed by atoms with van der Waals surface area (Å²) in [6, 6.07) is 14.6. The van der Waals surface area contributed by atoms with Crippen LogP contribution >= 0.6 is 23.2 Å². The third kappa shape index (κ3) is 7.33. The Morgan fingerprint density at radius 2 is 1.67 bits per heavy atom. The van der Waals surface area contributed by atoms with Crippen LogP contribution in [0.25, 0.3) is 0 Å². The Morgan fingerprint density at radius 3 is 2.23 bits per heavy atom. The lowest BCUT2D eigenvalue weighted by atomic mass is 10.0. The average molecular weight is 449 g/mol. The minimum atomic E-state index is -0.539. The molecule has 6 heteroatoms. The van der Waals surface area contributed by atoms with E-state index in [0.717, 1.165) is 11.1 Å². The van der Waals surface area contributed by atoms with Crippen molar-refractivity contribution < 1.29 is 9.59 Å². The molecule has 2 aromatic carbocycles. The van der Waals surface area contributed by atoms with Gasteiger partial charge in [0.25, 0.3) is 0 Å². The number of rotatable bonds is 8. The predicted octanol–water partition coefficient (Wildman–Crippen LogP) is 5.30. The number of carbonyl (C=O) groups is 2. The molecule has 0 spiro atoms. The number of hydrogen-bond donors (Lipinski definition) is 1. The van der Waals surface area contributed by atoms with Crippen molar-refractivity contribution >= 4 is 35.0 Å². The van der Waals surface area contributed by atoms with Crippen molar-refractivity contribution in [1.29, 1.82) is 0 Å². The van der Waals surface area contributed by atoms with Crippen molar-refractivity contribution in [3.8, 4) is 0 Å². The van der Waals surface area contributed by atoms with Crippen LogP contribution in [0.15, 0.2) is 48.5 Å². The van der Waals surface area contributed by atoms with Gasteiger partial charge in [0.05, 0.1) is 16.5 Å². The van der Waals surface area contributed by atoms with E-state index in [1.54, 1.807) is 23.1 Å². The first-order valence-corrected chi connectivity index (χ1v) is 11.0. The fraction of sp³-hybridized carbons (Fsp3) is 0.417. The second-order valence-corrected chi connectivity index (χ2v) is 9.23. The van der Waals surface area contributed by atoms with Crippen LogP contribution in [0.5, 0.6) is 0 Å². The average Bonchev–Trinajstić information content (AvgIpc) is 2.67. The minimum absolute atomic E-state index is 0.111. The highest BCUT2D eigenvalue weighted by Crippen LogP contribution is 2.23. The summed E-state index contributed by atoms with van der Waals surface area (Å²) in [6.07, 6.45) is 1.36. The van der Waals surface area contributed by atoms with Crippen molar-refractivity contribution in [2.24, 2.45) is 0 Å². The quantitative estimate of drug-likeness (QED) is 0.595. The summed E-state index contributed by atoms with van der Waals surface area (Å²) in [5.41, 5.74) is 1.52. The van der Waals surface area contributed by atoms with Crippen LogP contribution in [0.1, 0.15) is 45.2 Å². The van der Waals surface area contributed by atoms with Gasteiger partial charge in [0.1, 0.15) is 6.04 Å². The van der Waals surface area contributed by atoms with E-state index in [0.29, 0.717) is 29.4 Å². The third-order valence-electron chi connectivity index (χ3n) is 4.71. The summed E-state index contributed by atoms with van der Waals surface area (Å²) < 4.78 is 0. The molecule has 1 N–H and O–H groups in total. The molecule has 0 bridgehead atoms. The molecule has 0 aliphatic rings. The van der Waals surface area contributed by atoms with Gasteiger partial charge in [-0.1, -0.05) is 66.5 Å².